The second-order valence-corrected chi connectivity index (χ2v) is 5.46. The third kappa shape index (κ3) is 5.75. The molecule has 0 saturated carbocycles. The van der Waals surface area contributed by atoms with Gasteiger partial charge >= 0.3 is 0 Å². The zero-order valence-electron chi connectivity index (χ0n) is 13.7. The summed E-state index contributed by atoms with van der Waals surface area (Å²) in [5, 5.41) is 6.17. The third-order valence-corrected chi connectivity index (χ3v) is 3.74. The second kappa shape index (κ2) is 8.96. The van der Waals surface area contributed by atoms with E-state index in [1.54, 1.807) is 7.11 Å². The van der Waals surface area contributed by atoms with Crippen molar-refractivity contribution in [3.63, 3.8) is 0 Å². The summed E-state index contributed by atoms with van der Waals surface area (Å²) < 4.78 is 5.19. The highest BCUT2D eigenvalue weighted by Gasteiger charge is 2.07. The number of amides is 1. The Hall–Kier alpha value is -2.33. The molecule has 4 heteroatoms. The van der Waals surface area contributed by atoms with Gasteiger partial charge in [0.2, 0.25) is 5.91 Å². The molecular weight excluding hydrogens is 288 g/mol. The molecule has 1 unspecified atom stereocenters. The molecule has 23 heavy (non-hydrogen) atoms. The first-order valence-electron chi connectivity index (χ1n) is 7.87. The van der Waals surface area contributed by atoms with Crippen molar-refractivity contribution >= 4 is 5.91 Å². The Bertz CT molecular complexity index is 614. The van der Waals surface area contributed by atoms with Crippen molar-refractivity contribution in [2.75, 3.05) is 20.2 Å². The molecule has 0 radical (unpaired) electrons. The van der Waals surface area contributed by atoms with Crippen LogP contribution in [-0.2, 0) is 11.2 Å². The molecule has 1 atom stereocenters. The molecule has 2 aromatic carbocycles. The number of hydrogen-bond donors (Lipinski definition) is 2. The van der Waals surface area contributed by atoms with Crippen molar-refractivity contribution in [3.05, 3.63) is 65.7 Å². The molecule has 4 nitrogen and oxygen atoms in total. The quantitative estimate of drug-likeness (QED) is 0.788. The average Bonchev–Trinajstić information content (AvgIpc) is 2.60. The van der Waals surface area contributed by atoms with E-state index in [1.807, 2.05) is 42.5 Å². The average molecular weight is 312 g/mol. The molecule has 0 spiro atoms. The van der Waals surface area contributed by atoms with E-state index in [-0.39, 0.29) is 11.9 Å². The van der Waals surface area contributed by atoms with Crippen molar-refractivity contribution in [1.29, 1.82) is 0 Å². The minimum atomic E-state index is 0.00989. The summed E-state index contributed by atoms with van der Waals surface area (Å²) in [6.45, 7) is 2.99. The molecule has 2 aromatic rings. The molecule has 0 aliphatic carbocycles. The van der Waals surface area contributed by atoms with Crippen molar-refractivity contribution in [2.45, 2.75) is 19.4 Å². The van der Waals surface area contributed by atoms with Crippen LogP contribution >= 0.6 is 0 Å². The van der Waals surface area contributed by atoms with Crippen molar-refractivity contribution < 1.29 is 9.53 Å². The fourth-order valence-corrected chi connectivity index (χ4v) is 2.34. The lowest BCUT2D eigenvalue weighted by atomic mass is 10.1. The number of rotatable bonds is 8. The van der Waals surface area contributed by atoms with Crippen LogP contribution in [-0.4, -0.2) is 26.1 Å². The van der Waals surface area contributed by atoms with Gasteiger partial charge in [-0.05, 0) is 36.6 Å². The molecule has 122 valence electrons. The fourth-order valence-electron chi connectivity index (χ4n) is 2.34. The highest BCUT2D eigenvalue weighted by atomic mass is 16.5. The lowest BCUT2D eigenvalue weighted by Gasteiger charge is -2.14. The Kier molecular flexibility index (Phi) is 6.63. The fraction of sp³-hybridized carbons (Fsp3) is 0.316. The van der Waals surface area contributed by atoms with Gasteiger partial charge in [0.25, 0.3) is 0 Å². The number of nitrogens with one attached hydrogen (secondary N) is 2. The minimum absolute atomic E-state index is 0.00989. The molecular formula is C19H24N2O2. The molecule has 1 amide bonds. The molecule has 0 bridgehead atoms. The predicted octanol–water partition coefficient (Wildman–Crippen LogP) is 2.70. The van der Waals surface area contributed by atoms with E-state index in [4.69, 9.17) is 4.74 Å². The van der Waals surface area contributed by atoms with Crippen LogP contribution in [0.2, 0.25) is 0 Å². The molecule has 0 saturated heterocycles. The van der Waals surface area contributed by atoms with Gasteiger partial charge in [-0.25, -0.2) is 0 Å². The largest absolute Gasteiger partial charge is 0.497 e. The van der Waals surface area contributed by atoms with Crippen LogP contribution in [0.5, 0.6) is 5.75 Å². The van der Waals surface area contributed by atoms with Crippen LogP contribution in [0.1, 0.15) is 24.1 Å². The lowest BCUT2D eigenvalue weighted by molar-refractivity contribution is -0.120. The van der Waals surface area contributed by atoms with E-state index < -0.39 is 0 Å². The molecule has 2 N–H and O–H groups in total. The Morgan fingerprint density at radius 1 is 1.13 bits per heavy atom. The van der Waals surface area contributed by atoms with E-state index in [0.29, 0.717) is 13.1 Å². The third-order valence-electron chi connectivity index (χ3n) is 3.74. The first-order chi connectivity index (χ1) is 11.2. The van der Waals surface area contributed by atoms with Crippen molar-refractivity contribution in [2.24, 2.45) is 0 Å². The zero-order valence-corrected chi connectivity index (χ0v) is 13.7. The Labute approximate surface area is 137 Å². The first-order valence-corrected chi connectivity index (χ1v) is 7.87. The highest BCUT2D eigenvalue weighted by Crippen LogP contribution is 2.12. The number of carbonyl (C=O) groups excluding carboxylic acids is 1. The number of benzene rings is 2. The van der Waals surface area contributed by atoms with Gasteiger partial charge < -0.3 is 15.4 Å². The van der Waals surface area contributed by atoms with Crippen LogP contribution < -0.4 is 15.4 Å². The monoisotopic (exact) mass is 312 g/mol. The lowest BCUT2D eigenvalue weighted by Crippen LogP contribution is -2.36. The van der Waals surface area contributed by atoms with Gasteiger partial charge in [0.1, 0.15) is 5.75 Å². The Morgan fingerprint density at radius 3 is 2.65 bits per heavy atom. The molecule has 0 heterocycles. The summed E-state index contributed by atoms with van der Waals surface area (Å²) >= 11 is 0. The van der Waals surface area contributed by atoms with Crippen LogP contribution in [0, 0.1) is 0 Å². The highest BCUT2D eigenvalue weighted by molar-refractivity contribution is 5.78. The molecule has 0 fully saturated rings. The number of ether oxygens (including phenoxy) is 1. The van der Waals surface area contributed by atoms with Crippen LogP contribution in [0.4, 0.5) is 0 Å². The Balaban J connectivity index is 1.69. The van der Waals surface area contributed by atoms with Gasteiger partial charge in [-0.2, -0.15) is 0 Å². The summed E-state index contributed by atoms with van der Waals surface area (Å²) in [6, 6.07) is 18.1. The maximum atomic E-state index is 11.9. The SMILES string of the molecule is COc1cccc(CCNC(=O)CNC(C)c2ccccc2)c1. The van der Waals surface area contributed by atoms with Gasteiger partial charge in [0.15, 0.2) is 0 Å². The Morgan fingerprint density at radius 2 is 1.91 bits per heavy atom. The number of hydrogen-bond acceptors (Lipinski definition) is 3. The number of methoxy groups -OCH3 is 1. The number of carbonyl (C=O) groups is 1. The summed E-state index contributed by atoms with van der Waals surface area (Å²) in [6.07, 6.45) is 0.789. The van der Waals surface area contributed by atoms with Crippen molar-refractivity contribution in [1.82, 2.24) is 10.6 Å². The van der Waals surface area contributed by atoms with E-state index in [1.165, 1.54) is 5.56 Å². The smallest absolute Gasteiger partial charge is 0.233 e. The van der Waals surface area contributed by atoms with Crippen LogP contribution in [0.25, 0.3) is 0 Å². The van der Waals surface area contributed by atoms with Crippen molar-refractivity contribution in [3.8, 4) is 5.75 Å². The normalized spacial score (nSPS) is 11.7. The van der Waals surface area contributed by atoms with Gasteiger partial charge in [-0.1, -0.05) is 42.5 Å². The summed E-state index contributed by atoms with van der Waals surface area (Å²) in [7, 11) is 1.65. The zero-order chi connectivity index (χ0) is 16.5. The summed E-state index contributed by atoms with van der Waals surface area (Å²) in [5.41, 5.74) is 2.33. The molecule has 2 rings (SSSR count). The standard InChI is InChI=1S/C19H24N2O2/c1-15(17-8-4-3-5-9-17)21-14-19(22)20-12-11-16-7-6-10-18(13-16)23-2/h3-10,13,15,21H,11-12,14H2,1-2H3,(H,20,22). The summed E-state index contributed by atoms with van der Waals surface area (Å²) in [4.78, 5) is 11.9. The molecule has 0 aliphatic heterocycles. The summed E-state index contributed by atoms with van der Waals surface area (Å²) in [5.74, 6) is 0.850. The van der Waals surface area contributed by atoms with Crippen LogP contribution in [0.15, 0.2) is 54.6 Å². The minimum Gasteiger partial charge on any atom is -0.497 e. The molecule has 0 aliphatic rings. The van der Waals surface area contributed by atoms with E-state index in [0.717, 1.165) is 17.7 Å². The maximum absolute atomic E-state index is 11.9. The van der Waals surface area contributed by atoms with Gasteiger partial charge in [-0.3, -0.25) is 4.79 Å². The second-order valence-electron chi connectivity index (χ2n) is 5.46. The molecule has 0 aromatic heterocycles. The van der Waals surface area contributed by atoms with Gasteiger partial charge in [0, 0.05) is 12.6 Å². The van der Waals surface area contributed by atoms with E-state index in [9.17, 15) is 4.79 Å². The first kappa shape index (κ1) is 17.0. The maximum Gasteiger partial charge on any atom is 0.233 e. The predicted molar refractivity (Wildman–Crippen MR) is 92.6 cm³/mol. The van der Waals surface area contributed by atoms with Gasteiger partial charge in [0.05, 0.1) is 13.7 Å². The topological polar surface area (TPSA) is 50.4 Å². The van der Waals surface area contributed by atoms with Crippen LogP contribution in [0.3, 0.4) is 0 Å². The van der Waals surface area contributed by atoms with Gasteiger partial charge in [-0.15, -0.1) is 0 Å². The van der Waals surface area contributed by atoms with E-state index in [2.05, 4.69) is 29.7 Å². The van der Waals surface area contributed by atoms with E-state index >= 15 is 0 Å².